The van der Waals surface area contributed by atoms with Crippen LogP contribution in [0.4, 0.5) is 5.69 Å². The molecule has 2 aromatic rings. The fourth-order valence-corrected chi connectivity index (χ4v) is 2.04. The van der Waals surface area contributed by atoms with Gasteiger partial charge in [0.2, 0.25) is 0 Å². The molecule has 2 nitrogen and oxygen atoms in total. The van der Waals surface area contributed by atoms with Crippen LogP contribution in [0.25, 0.3) is 0 Å². The van der Waals surface area contributed by atoms with Gasteiger partial charge in [0.05, 0.1) is 0 Å². The Morgan fingerprint density at radius 3 is 2.16 bits per heavy atom. The number of anilines is 1. The van der Waals surface area contributed by atoms with Crippen LogP contribution in [0.3, 0.4) is 0 Å². The highest BCUT2D eigenvalue weighted by Crippen LogP contribution is 2.15. The van der Waals surface area contributed by atoms with E-state index in [-0.39, 0.29) is 0 Å². The third kappa shape index (κ3) is 3.83. The summed E-state index contributed by atoms with van der Waals surface area (Å²) in [6.07, 6.45) is 0. The molecule has 0 heterocycles. The highest BCUT2D eigenvalue weighted by molar-refractivity contribution is 5.45. The monoisotopic (exact) mass is 254 g/mol. The second kappa shape index (κ2) is 6.39. The first kappa shape index (κ1) is 13.6. The molecule has 1 N–H and O–H groups in total. The normalized spacial score (nSPS) is 12.2. The highest BCUT2D eigenvalue weighted by Gasteiger charge is 2.03. The zero-order chi connectivity index (χ0) is 13.7. The molecule has 2 aromatic carbocycles. The molecule has 100 valence electrons. The van der Waals surface area contributed by atoms with Crippen molar-refractivity contribution in [1.29, 1.82) is 0 Å². The minimum absolute atomic E-state index is 0.370. The summed E-state index contributed by atoms with van der Waals surface area (Å²) in [4.78, 5) is 2.11. The van der Waals surface area contributed by atoms with E-state index in [2.05, 4.69) is 85.8 Å². The predicted molar refractivity (Wildman–Crippen MR) is 82.5 cm³/mol. The van der Waals surface area contributed by atoms with Crippen molar-refractivity contribution in [2.45, 2.75) is 19.5 Å². The van der Waals surface area contributed by atoms with Crippen LogP contribution in [-0.2, 0) is 6.54 Å². The van der Waals surface area contributed by atoms with Crippen molar-refractivity contribution in [1.82, 2.24) is 5.32 Å². The van der Waals surface area contributed by atoms with Gasteiger partial charge in [0.25, 0.3) is 0 Å². The van der Waals surface area contributed by atoms with Gasteiger partial charge in [0.1, 0.15) is 0 Å². The molecule has 0 saturated carbocycles. The Bertz CT molecular complexity index is 488. The average Bonchev–Trinajstić information content (AvgIpc) is 2.46. The van der Waals surface area contributed by atoms with Gasteiger partial charge in [-0.25, -0.2) is 0 Å². The highest BCUT2D eigenvalue weighted by atomic mass is 15.1. The van der Waals surface area contributed by atoms with Crippen LogP contribution >= 0.6 is 0 Å². The Kier molecular flexibility index (Phi) is 4.58. The average molecular weight is 254 g/mol. The molecule has 0 unspecified atom stereocenters. The quantitative estimate of drug-likeness (QED) is 0.877. The second-order valence-corrected chi connectivity index (χ2v) is 5.07. The summed E-state index contributed by atoms with van der Waals surface area (Å²) < 4.78 is 0. The van der Waals surface area contributed by atoms with E-state index in [0.717, 1.165) is 6.54 Å². The van der Waals surface area contributed by atoms with Crippen molar-refractivity contribution in [3.05, 3.63) is 65.7 Å². The van der Waals surface area contributed by atoms with Crippen LogP contribution in [0.15, 0.2) is 54.6 Å². The van der Waals surface area contributed by atoms with Gasteiger partial charge in [0, 0.05) is 32.4 Å². The lowest BCUT2D eigenvalue weighted by Crippen LogP contribution is -2.18. The number of benzene rings is 2. The van der Waals surface area contributed by atoms with E-state index in [4.69, 9.17) is 0 Å². The summed E-state index contributed by atoms with van der Waals surface area (Å²) >= 11 is 0. The summed E-state index contributed by atoms with van der Waals surface area (Å²) in [5.74, 6) is 0. The van der Waals surface area contributed by atoms with Crippen molar-refractivity contribution in [2.75, 3.05) is 19.0 Å². The van der Waals surface area contributed by atoms with Gasteiger partial charge in [-0.05, 0) is 30.2 Å². The summed E-state index contributed by atoms with van der Waals surface area (Å²) in [6, 6.07) is 19.6. The van der Waals surface area contributed by atoms with Crippen LogP contribution in [0.2, 0.25) is 0 Å². The minimum Gasteiger partial charge on any atom is -0.378 e. The lowest BCUT2D eigenvalue weighted by Gasteiger charge is -2.16. The van der Waals surface area contributed by atoms with Crippen molar-refractivity contribution in [3.8, 4) is 0 Å². The van der Waals surface area contributed by atoms with E-state index in [1.54, 1.807) is 0 Å². The number of nitrogens with zero attached hydrogens (tertiary/aromatic N) is 1. The van der Waals surface area contributed by atoms with Gasteiger partial charge in [0.15, 0.2) is 0 Å². The van der Waals surface area contributed by atoms with Gasteiger partial charge in [-0.1, -0.05) is 42.5 Å². The second-order valence-electron chi connectivity index (χ2n) is 5.07. The number of hydrogen-bond donors (Lipinski definition) is 1. The van der Waals surface area contributed by atoms with Crippen LogP contribution in [0.1, 0.15) is 24.1 Å². The van der Waals surface area contributed by atoms with E-state index in [0.29, 0.717) is 6.04 Å². The molecular formula is C17H22N2. The molecule has 0 aromatic heterocycles. The standard InChI is InChI=1S/C17H22N2/c1-14(16-7-5-4-6-8-16)18-13-15-9-11-17(12-10-15)19(2)3/h4-12,14,18H,13H2,1-3H3/t14-/m1/s1. The van der Waals surface area contributed by atoms with Crippen LogP contribution < -0.4 is 10.2 Å². The summed E-state index contributed by atoms with van der Waals surface area (Å²) in [5, 5.41) is 3.55. The molecular weight excluding hydrogens is 232 g/mol. The van der Waals surface area contributed by atoms with Gasteiger partial charge >= 0.3 is 0 Å². The van der Waals surface area contributed by atoms with E-state index in [1.165, 1.54) is 16.8 Å². The summed E-state index contributed by atoms with van der Waals surface area (Å²) in [6.45, 7) is 3.09. The maximum absolute atomic E-state index is 3.55. The summed E-state index contributed by atoms with van der Waals surface area (Å²) in [5.41, 5.74) is 3.88. The lowest BCUT2D eigenvalue weighted by atomic mass is 10.1. The maximum atomic E-state index is 3.55. The van der Waals surface area contributed by atoms with E-state index in [1.807, 2.05) is 0 Å². The van der Waals surface area contributed by atoms with Gasteiger partial charge in [-0.15, -0.1) is 0 Å². The number of rotatable bonds is 5. The maximum Gasteiger partial charge on any atom is 0.0361 e. The number of nitrogens with one attached hydrogen (secondary N) is 1. The number of hydrogen-bond acceptors (Lipinski definition) is 2. The Morgan fingerprint density at radius 1 is 0.947 bits per heavy atom. The molecule has 0 aliphatic carbocycles. The molecule has 19 heavy (non-hydrogen) atoms. The first-order valence-corrected chi connectivity index (χ1v) is 6.71. The van der Waals surface area contributed by atoms with Crippen molar-refractivity contribution in [3.63, 3.8) is 0 Å². The zero-order valence-corrected chi connectivity index (χ0v) is 11.9. The molecule has 2 heteroatoms. The third-order valence-corrected chi connectivity index (χ3v) is 3.36. The fourth-order valence-electron chi connectivity index (χ4n) is 2.04. The van der Waals surface area contributed by atoms with Gasteiger partial charge in [-0.2, -0.15) is 0 Å². The molecule has 0 saturated heterocycles. The predicted octanol–water partition coefficient (Wildman–Crippen LogP) is 3.60. The first-order chi connectivity index (χ1) is 9.16. The Balaban J connectivity index is 1.92. The Morgan fingerprint density at radius 2 is 1.58 bits per heavy atom. The molecule has 0 fully saturated rings. The molecule has 1 atom stereocenters. The van der Waals surface area contributed by atoms with Crippen molar-refractivity contribution in [2.24, 2.45) is 0 Å². The van der Waals surface area contributed by atoms with Gasteiger partial charge in [-0.3, -0.25) is 0 Å². The Hall–Kier alpha value is -1.80. The minimum atomic E-state index is 0.370. The third-order valence-electron chi connectivity index (χ3n) is 3.36. The fraction of sp³-hybridized carbons (Fsp3) is 0.294. The first-order valence-electron chi connectivity index (χ1n) is 6.71. The van der Waals surface area contributed by atoms with Crippen molar-refractivity contribution < 1.29 is 0 Å². The molecule has 0 aliphatic heterocycles. The molecule has 2 rings (SSSR count). The SMILES string of the molecule is C[C@@H](NCc1ccc(N(C)C)cc1)c1ccccc1. The largest absolute Gasteiger partial charge is 0.378 e. The topological polar surface area (TPSA) is 15.3 Å². The van der Waals surface area contributed by atoms with Crippen molar-refractivity contribution >= 4 is 5.69 Å². The van der Waals surface area contributed by atoms with Crippen LogP contribution in [0.5, 0.6) is 0 Å². The molecule has 0 bridgehead atoms. The van der Waals surface area contributed by atoms with Gasteiger partial charge < -0.3 is 10.2 Å². The zero-order valence-electron chi connectivity index (χ0n) is 11.9. The lowest BCUT2D eigenvalue weighted by molar-refractivity contribution is 0.575. The molecule has 0 radical (unpaired) electrons. The van der Waals surface area contributed by atoms with Crippen LogP contribution in [-0.4, -0.2) is 14.1 Å². The molecule has 0 amide bonds. The Labute approximate surface area is 116 Å². The molecule has 0 spiro atoms. The van der Waals surface area contributed by atoms with E-state index >= 15 is 0 Å². The smallest absolute Gasteiger partial charge is 0.0361 e. The summed E-state index contributed by atoms with van der Waals surface area (Å²) in [7, 11) is 4.12. The van der Waals surface area contributed by atoms with E-state index < -0.39 is 0 Å². The molecule has 0 aliphatic rings. The van der Waals surface area contributed by atoms with Crippen LogP contribution in [0, 0.1) is 0 Å². The van der Waals surface area contributed by atoms with E-state index in [9.17, 15) is 0 Å².